The topological polar surface area (TPSA) is 105 Å². The van der Waals surface area contributed by atoms with E-state index in [9.17, 15) is 14.4 Å². The molecule has 7 heteroatoms. The summed E-state index contributed by atoms with van der Waals surface area (Å²) in [5, 5.41) is 13.8. The molecule has 0 aromatic heterocycles. The maximum atomic E-state index is 11.7. The van der Waals surface area contributed by atoms with Gasteiger partial charge in [0.05, 0.1) is 13.0 Å². The number of carbonyl (C=O) groups excluding carboxylic acids is 2. The van der Waals surface area contributed by atoms with Gasteiger partial charge in [-0.2, -0.15) is 0 Å². The molecule has 0 saturated heterocycles. The largest absolute Gasteiger partial charge is 0.479 e. The predicted molar refractivity (Wildman–Crippen MR) is 79.2 cm³/mol. The third-order valence-electron chi connectivity index (χ3n) is 2.93. The highest BCUT2D eigenvalue weighted by Crippen LogP contribution is 1.99. The predicted octanol–water partition coefficient (Wildman–Crippen LogP) is -0.0488. The molecule has 1 rings (SSSR count). The molecule has 22 heavy (non-hydrogen) atoms. The van der Waals surface area contributed by atoms with Crippen LogP contribution in [0, 0.1) is 0 Å². The van der Waals surface area contributed by atoms with Crippen molar-refractivity contribution < 1.29 is 24.2 Å². The lowest BCUT2D eigenvalue weighted by atomic mass is 10.1. The number of hydrogen-bond acceptors (Lipinski definition) is 4. The minimum atomic E-state index is -1.14. The van der Waals surface area contributed by atoms with Crippen molar-refractivity contribution in [3.63, 3.8) is 0 Å². The second-order valence-electron chi connectivity index (χ2n) is 4.63. The second-order valence-corrected chi connectivity index (χ2v) is 4.63. The maximum absolute atomic E-state index is 11.7. The molecule has 0 radical (unpaired) electrons. The summed E-state index contributed by atoms with van der Waals surface area (Å²) in [6, 6.07) is 9.28. The van der Waals surface area contributed by atoms with Gasteiger partial charge in [-0.3, -0.25) is 9.59 Å². The monoisotopic (exact) mass is 308 g/mol. The maximum Gasteiger partial charge on any atom is 0.334 e. The van der Waals surface area contributed by atoms with Crippen molar-refractivity contribution in [2.45, 2.75) is 18.9 Å². The second kappa shape index (κ2) is 9.51. The van der Waals surface area contributed by atoms with Crippen molar-refractivity contribution in [2.75, 3.05) is 20.2 Å². The zero-order valence-corrected chi connectivity index (χ0v) is 12.4. The van der Waals surface area contributed by atoms with E-state index in [-0.39, 0.29) is 37.7 Å². The molecule has 7 nitrogen and oxygen atoms in total. The Morgan fingerprint density at radius 2 is 1.82 bits per heavy atom. The quantitative estimate of drug-likeness (QED) is 0.593. The van der Waals surface area contributed by atoms with Gasteiger partial charge in [0.25, 0.3) is 0 Å². The van der Waals surface area contributed by atoms with Gasteiger partial charge in [-0.1, -0.05) is 30.3 Å². The van der Waals surface area contributed by atoms with E-state index in [0.717, 1.165) is 5.56 Å². The molecular formula is C15H20N2O5. The summed E-state index contributed by atoms with van der Waals surface area (Å²) in [6.07, 6.45) is -0.735. The highest BCUT2D eigenvalue weighted by molar-refractivity contribution is 5.81. The van der Waals surface area contributed by atoms with Crippen molar-refractivity contribution in [1.82, 2.24) is 10.6 Å². The summed E-state index contributed by atoms with van der Waals surface area (Å²) < 4.78 is 4.69. The van der Waals surface area contributed by atoms with Crippen LogP contribution in [-0.4, -0.2) is 49.2 Å². The van der Waals surface area contributed by atoms with Gasteiger partial charge in [-0.05, 0) is 5.56 Å². The molecule has 0 heterocycles. The van der Waals surface area contributed by atoms with Crippen molar-refractivity contribution >= 4 is 17.8 Å². The van der Waals surface area contributed by atoms with Gasteiger partial charge in [0.15, 0.2) is 6.10 Å². The number of aliphatic carboxylic acids is 1. The Hall–Kier alpha value is -2.41. The summed E-state index contributed by atoms with van der Waals surface area (Å²) in [5.74, 6) is -1.65. The first-order valence-electron chi connectivity index (χ1n) is 6.86. The minimum Gasteiger partial charge on any atom is -0.479 e. The molecular weight excluding hydrogens is 288 g/mol. The van der Waals surface area contributed by atoms with Gasteiger partial charge in [0, 0.05) is 20.1 Å². The number of carboxylic acids is 1. The Kier molecular flexibility index (Phi) is 7.63. The molecule has 0 aliphatic rings. The fraction of sp³-hybridized carbons (Fsp3) is 0.400. The Labute approximate surface area is 128 Å². The Bertz CT molecular complexity index is 504. The molecule has 1 aromatic carbocycles. The number of ether oxygens (including phenoxy) is 1. The van der Waals surface area contributed by atoms with Crippen LogP contribution in [0.3, 0.4) is 0 Å². The highest BCUT2D eigenvalue weighted by atomic mass is 16.5. The van der Waals surface area contributed by atoms with Gasteiger partial charge >= 0.3 is 5.97 Å². The molecule has 1 unspecified atom stereocenters. The smallest absolute Gasteiger partial charge is 0.334 e. The van der Waals surface area contributed by atoms with Crippen molar-refractivity contribution in [3.05, 3.63) is 35.9 Å². The molecule has 1 aromatic rings. The average Bonchev–Trinajstić information content (AvgIpc) is 2.48. The number of carboxylic acid groups (broad SMARTS) is 1. The lowest BCUT2D eigenvalue weighted by Gasteiger charge is -2.11. The lowest BCUT2D eigenvalue weighted by molar-refractivity contribution is -0.148. The summed E-state index contributed by atoms with van der Waals surface area (Å²) in [5.41, 5.74) is 0.897. The van der Waals surface area contributed by atoms with Gasteiger partial charge in [-0.15, -0.1) is 0 Å². The molecule has 2 amide bonds. The molecule has 0 aliphatic heterocycles. The fourth-order valence-corrected chi connectivity index (χ4v) is 1.73. The number of hydrogen-bond donors (Lipinski definition) is 3. The zero-order valence-electron chi connectivity index (χ0n) is 12.4. The minimum absolute atomic E-state index is 0.0799. The van der Waals surface area contributed by atoms with E-state index in [1.807, 2.05) is 30.3 Å². The van der Waals surface area contributed by atoms with Crippen LogP contribution in [0.5, 0.6) is 0 Å². The third-order valence-corrected chi connectivity index (χ3v) is 2.93. The molecule has 3 N–H and O–H groups in total. The van der Waals surface area contributed by atoms with Crippen LogP contribution in [0.15, 0.2) is 30.3 Å². The van der Waals surface area contributed by atoms with Gasteiger partial charge < -0.3 is 20.5 Å². The van der Waals surface area contributed by atoms with Crippen LogP contribution >= 0.6 is 0 Å². The standard InChI is InChI=1S/C15H20N2O5/c1-22-12(15(20)21)10-17-13(18)7-8-16-14(19)9-11-5-3-2-4-6-11/h2-6,12H,7-10H2,1H3,(H,16,19)(H,17,18)(H,20,21). The first kappa shape index (κ1) is 17.6. The van der Waals surface area contributed by atoms with E-state index in [0.29, 0.717) is 0 Å². The van der Waals surface area contributed by atoms with Crippen LogP contribution < -0.4 is 10.6 Å². The molecule has 0 saturated carbocycles. The summed E-state index contributed by atoms with van der Waals surface area (Å²) in [4.78, 5) is 33.9. The third kappa shape index (κ3) is 6.85. The molecule has 1 atom stereocenters. The average molecular weight is 308 g/mol. The van der Waals surface area contributed by atoms with Crippen molar-refractivity contribution in [3.8, 4) is 0 Å². The first-order chi connectivity index (χ1) is 10.5. The molecule has 0 aliphatic carbocycles. The number of nitrogens with one attached hydrogen (secondary N) is 2. The molecule has 120 valence electrons. The first-order valence-corrected chi connectivity index (χ1v) is 6.86. The van der Waals surface area contributed by atoms with Gasteiger partial charge in [-0.25, -0.2) is 4.79 Å². The Balaban J connectivity index is 2.19. The van der Waals surface area contributed by atoms with Crippen LogP contribution in [0.2, 0.25) is 0 Å². The van der Waals surface area contributed by atoms with Gasteiger partial charge in [0.1, 0.15) is 0 Å². The van der Waals surface area contributed by atoms with E-state index >= 15 is 0 Å². The van der Waals surface area contributed by atoms with Crippen LogP contribution in [0.4, 0.5) is 0 Å². The van der Waals surface area contributed by atoms with E-state index in [2.05, 4.69) is 15.4 Å². The number of benzene rings is 1. The lowest BCUT2D eigenvalue weighted by Crippen LogP contribution is -2.39. The van der Waals surface area contributed by atoms with E-state index < -0.39 is 12.1 Å². The Morgan fingerprint density at radius 3 is 2.41 bits per heavy atom. The van der Waals surface area contributed by atoms with Crippen LogP contribution in [-0.2, 0) is 25.5 Å². The Morgan fingerprint density at radius 1 is 1.14 bits per heavy atom. The van der Waals surface area contributed by atoms with E-state index in [1.165, 1.54) is 7.11 Å². The zero-order chi connectivity index (χ0) is 16.4. The molecule has 0 spiro atoms. The van der Waals surface area contributed by atoms with Crippen LogP contribution in [0.25, 0.3) is 0 Å². The normalized spacial score (nSPS) is 11.5. The number of amides is 2. The molecule has 0 fully saturated rings. The summed E-state index contributed by atoms with van der Waals surface area (Å²) >= 11 is 0. The van der Waals surface area contributed by atoms with E-state index in [4.69, 9.17) is 5.11 Å². The van der Waals surface area contributed by atoms with Crippen molar-refractivity contribution in [2.24, 2.45) is 0 Å². The van der Waals surface area contributed by atoms with Gasteiger partial charge in [0.2, 0.25) is 11.8 Å². The SMILES string of the molecule is COC(CNC(=O)CCNC(=O)Cc1ccccc1)C(=O)O. The summed E-state index contributed by atoms with van der Waals surface area (Å²) in [6.45, 7) is 0.0881. The van der Waals surface area contributed by atoms with E-state index in [1.54, 1.807) is 0 Å². The molecule has 0 bridgehead atoms. The highest BCUT2D eigenvalue weighted by Gasteiger charge is 2.16. The fourth-order valence-electron chi connectivity index (χ4n) is 1.73. The number of carbonyl (C=O) groups is 3. The van der Waals surface area contributed by atoms with Crippen molar-refractivity contribution in [1.29, 1.82) is 0 Å². The number of rotatable bonds is 9. The summed E-state index contributed by atoms with van der Waals surface area (Å²) in [7, 11) is 1.26. The number of methoxy groups -OCH3 is 1. The van der Waals surface area contributed by atoms with Crippen LogP contribution in [0.1, 0.15) is 12.0 Å².